The highest BCUT2D eigenvalue weighted by Gasteiger charge is 2.36. The van der Waals surface area contributed by atoms with Crippen LogP contribution in [0.4, 0.5) is 0 Å². The zero-order chi connectivity index (χ0) is 11.6. The van der Waals surface area contributed by atoms with Gasteiger partial charge < -0.3 is 9.84 Å². The van der Waals surface area contributed by atoms with Crippen molar-refractivity contribution in [1.82, 2.24) is 0 Å². The summed E-state index contributed by atoms with van der Waals surface area (Å²) in [6.45, 7) is 9.40. The molecule has 0 fully saturated rings. The molecule has 2 atom stereocenters. The van der Waals surface area contributed by atoms with Crippen molar-refractivity contribution in [3.63, 3.8) is 0 Å². The van der Waals surface area contributed by atoms with Crippen LogP contribution in [0.3, 0.4) is 0 Å². The Labute approximate surface area is 99.8 Å². The maximum Gasteiger partial charge on any atom is 0.240 e. The summed E-state index contributed by atoms with van der Waals surface area (Å²) in [5, 5.41) is 9.38. The van der Waals surface area contributed by atoms with Crippen LogP contribution >= 0.6 is 34.8 Å². The summed E-state index contributed by atoms with van der Waals surface area (Å²) in [4.78, 5) is 0. The number of halogens is 3. The van der Waals surface area contributed by atoms with Crippen molar-refractivity contribution in [1.29, 1.82) is 0 Å². The van der Waals surface area contributed by atoms with Gasteiger partial charge in [-0.1, -0.05) is 61.7 Å². The van der Waals surface area contributed by atoms with E-state index in [1.54, 1.807) is 6.08 Å². The van der Waals surface area contributed by atoms with Crippen molar-refractivity contribution in [2.45, 2.75) is 37.0 Å². The van der Waals surface area contributed by atoms with Crippen molar-refractivity contribution in [2.75, 3.05) is 0 Å². The van der Waals surface area contributed by atoms with Crippen molar-refractivity contribution in [2.24, 2.45) is 5.41 Å². The lowest BCUT2D eigenvalue weighted by molar-refractivity contribution is -0.144. The van der Waals surface area contributed by atoms with Gasteiger partial charge >= 0.3 is 0 Å². The lowest BCUT2D eigenvalue weighted by Crippen LogP contribution is -2.37. The fourth-order valence-electron chi connectivity index (χ4n) is 0.829. The first-order valence-electron chi connectivity index (χ1n) is 4.12. The van der Waals surface area contributed by atoms with Crippen molar-refractivity contribution >= 4 is 34.8 Å². The number of alkyl halides is 3. The summed E-state index contributed by atoms with van der Waals surface area (Å²) in [5.74, 6) is 0. The van der Waals surface area contributed by atoms with E-state index in [1.165, 1.54) is 0 Å². The molecular formula is C9H15Cl3O2. The fraction of sp³-hybridized carbons (Fsp3) is 0.778. The molecule has 0 radical (unpaired) electrons. The van der Waals surface area contributed by atoms with E-state index in [0.29, 0.717) is 0 Å². The molecule has 0 aliphatic carbocycles. The van der Waals surface area contributed by atoms with E-state index in [-0.39, 0.29) is 11.5 Å². The van der Waals surface area contributed by atoms with Gasteiger partial charge in [-0.3, -0.25) is 0 Å². The van der Waals surface area contributed by atoms with Gasteiger partial charge in [-0.25, -0.2) is 0 Å². The van der Waals surface area contributed by atoms with Crippen LogP contribution in [0.1, 0.15) is 20.8 Å². The highest BCUT2D eigenvalue weighted by molar-refractivity contribution is 6.67. The number of ether oxygens (including phenoxy) is 1. The zero-order valence-electron chi connectivity index (χ0n) is 8.43. The molecule has 0 heterocycles. The van der Waals surface area contributed by atoms with Crippen molar-refractivity contribution in [3.05, 3.63) is 12.7 Å². The molecule has 0 aromatic rings. The zero-order valence-corrected chi connectivity index (χ0v) is 10.7. The highest BCUT2D eigenvalue weighted by atomic mass is 35.6. The quantitative estimate of drug-likeness (QED) is 0.480. The van der Waals surface area contributed by atoms with Crippen LogP contribution in [-0.4, -0.2) is 21.3 Å². The van der Waals surface area contributed by atoms with E-state index in [9.17, 15) is 5.11 Å². The minimum atomic E-state index is -1.84. The van der Waals surface area contributed by atoms with Crippen LogP contribution in [0.25, 0.3) is 0 Å². The van der Waals surface area contributed by atoms with Crippen LogP contribution in [0.15, 0.2) is 12.7 Å². The summed E-state index contributed by atoms with van der Waals surface area (Å²) in [5.41, 5.74) is -0.210. The molecule has 2 unspecified atom stereocenters. The molecule has 0 aromatic carbocycles. The SMILES string of the molecule is C=CC(OC(O)C(Cl)(Cl)Cl)C(C)(C)C. The molecule has 0 amide bonds. The number of aliphatic hydroxyl groups excluding tert-OH is 1. The molecule has 0 aliphatic heterocycles. The van der Waals surface area contributed by atoms with Gasteiger partial charge in [0.15, 0.2) is 0 Å². The predicted molar refractivity (Wildman–Crippen MR) is 60.8 cm³/mol. The molecule has 0 aromatic heterocycles. The summed E-state index contributed by atoms with van der Waals surface area (Å²) in [6, 6.07) is 0. The van der Waals surface area contributed by atoms with Crippen LogP contribution in [0.5, 0.6) is 0 Å². The van der Waals surface area contributed by atoms with E-state index in [1.807, 2.05) is 20.8 Å². The van der Waals surface area contributed by atoms with Gasteiger partial charge in [0.25, 0.3) is 0 Å². The van der Waals surface area contributed by atoms with E-state index in [2.05, 4.69) is 6.58 Å². The number of aliphatic hydroxyl groups is 1. The van der Waals surface area contributed by atoms with Gasteiger partial charge in [0, 0.05) is 0 Å². The average Bonchev–Trinajstić information content (AvgIpc) is 1.95. The standard InChI is InChI=1S/C9H15Cl3O2/c1-5-6(8(2,3)4)14-7(13)9(10,11)12/h5-7,13H,1H2,2-4H3. The average molecular weight is 262 g/mol. The van der Waals surface area contributed by atoms with E-state index >= 15 is 0 Å². The molecule has 0 aliphatic rings. The minimum Gasteiger partial charge on any atom is -0.365 e. The first kappa shape index (κ1) is 14.5. The topological polar surface area (TPSA) is 29.5 Å². The monoisotopic (exact) mass is 260 g/mol. The summed E-state index contributed by atoms with van der Waals surface area (Å²) in [7, 11) is 0. The molecule has 84 valence electrons. The van der Waals surface area contributed by atoms with Gasteiger partial charge in [-0.2, -0.15) is 0 Å². The molecule has 0 saturated carbocycles. The molecule has 1 N–H and O–H groups in total. The molecule has 0 rings (SSSR count). The third kappa shape index (κ3) is 4.85. The summed E-state index contributed by atoms with van der Waals surface area (Å²) >= 11 is 16.4. The van der Waals surface area contributed by atoms with Crippen LogP contribution in [0.2, 0.25) is 0 Å². The predicted octanol–water partition coefficient (Wildman–Crippen LogP) is 3.29. The molecule has 0 saturated heterocycles. The van der Waals surface area contributed by atoms with Gasteiger partial charge in [0.2, 0.25) is 10.1 Å². The number of rotatable bonds is 3. The Kier molecular flexibility index (Phi) is 5.23. The van der Waals surface area contributed by atoms with Gasteiger partial charge in [0.05, 0.1) is 6.10 Å². The van der Waals surface area contributed by atoms with Crippen LogP contribution < -0.4 is 0 Å². The van der Waals surface area contributed by atoms with E-state index in [0.717, 1.165) is 0 Å². The van der Waals surface area contributed by atoms with Crippen LogP contribution in [0, 0.1) is 5.41 Å². The molecule has 0 spiro atoms. The Morgan fingerprint density at radius 3 is 1.93 bits per heavy atom. The highest BCUT2D eigenvalue weighted by Crippen LogP contribution is 2.34. The van der Waals surface area contributed by atoms with Crippen molar-refractivity contribution in [3.8, 4) is 0 Å². The maximum absolute atomic E-state index is 9.38. The Morgan fingerprint density at radius 2 is 1.71 bits per heavy atom. The molecule has 0 bridgehead atoms. The van der Waals surface area contributed by atoms with Gasteiger partial charge in [-0.05, 0) is 5.41 Å². The third-order valence-electron chi connectivity index (χ3n) is 1.62. The largest absolute Gasteiger partial charge is 0.365 e. The maximum atomic E-state index is 9.38. The Balaban J connectivity index is 4.42. The first-order valence-corrected chi connectivity index (χ1v) is 5.25. The van der Waals surface area contributed by atoms with E-state index in [4.69, 9.17) is 39.5 Å². The lowest BCUT2D eigenvalue weighted by atomic mass is 9.89. The van der Waals surface area contributed by atoms with Crippen molar-refractivity contribution < 1.29 is 9.84 Å². The summed E-state index contributed by atoms with van der Waals surface area (Å²) in [6.07, 6.45) is -0.276. The summed E-state index contributed by atoms with van der Waals surface area (Å²) < 4.78 is 3.33. The van der Waals surface area contributed by atoms with Gasteiger partial charge in [-0.15, -0.1) is 6.58 Å². The first-order chi connectivity index (χ1) is 6.09. The van der Waals surface area contributed by atoms with Crippen LogP contribution in [-0.2, 0) is 4.74 Å². The second-order valence-electron chi connectivity index (χ2n) is 4.05. The lowest BCUT2D eigenvalue weighted by Gasteiger charge is -2.31. The molecular weight excluding hydrogens is 246 g/mol. The second kappa shape index (κ2) is 5.04. The fourth-order valence-corrected chi connectivity index (χ4v) is 0.984. The second-order valence-corrected chi connectivity index (χ2v) is 6.42. The minimum absolute atomic E-state index is 0.210. The normalized spacial score (nSPS) is 17.6. The Bertz CT molecular complexity index is 193. The number of hydrogen-bond donors (Lipinski definition) is 1. The van der Waals surface area contributed by atoms with E-state index < -0.39 is 10.1 Å². The van der Waals surface area contributed by atoms with Gasteiger partial charge in [0.1, 0.15) is 0 Å². The smallest absolute Gasteiger partial charge is 0.240 e. The third-order valence-corrected chi connectivity index (χ3v) is 2.18. The number of hydrogen-bond acceptors (Lipinski definition) is 2. The molecule has 14 heavy (non-hydrogen) atoms. The molecule has 2 nitrogen and oxygen atoms in total. The Morgan fingerprint density at radius 1 is 1.29 bits per heavy atom. The Hall–Kier alpha value is 0.530. The molecule has 5 heteroatoms.